The quantitative estimate of drug-likeness (QED) is 0.707. The van der Waals surface area contributed by atoms with E-state index < -0.39 is 0 Å². The summed E-state index contributed by atoms with van der Waals surface area (Å²) >= 11 is 5.99. The van der Waals surface area contributed by atoms with Crippen LogP contribution in [0.4, 0.5) is 0 Å². The summed E-state index contributed by atoms with van der Waals surface area (Å²) in [4.78, 5) is 0. The molecule has 1 atom stereocenters. The van der Waals surface area contributed by atoms with Gasteiger partial charge in [0, 0.05) is 19.1 Å². The number of aromatic nitrogens is 3. The fourth-order valence-corrected chi connectivity index (χ4v) is 1.95. The summed E-state index contributed by atoms with van der Waals surface area (Å²) in [5.74, 6) is 0.678. The highest BCUT2D eigenvalue weighted by molar-refractivity contribution is 6.18. The highest BCUT2D eigenvalue weighted by atomic mass is 35.5. The largest absolute Gasteiger partial charge is 0.255 e. The summed E-state index contributed by atoms with van der Waals surface area (Å²) in [5, 5.41) is 8.00. The van der Waals surface area contributed by atoms with Gasteiger partial charge in [-0.3, -0.25) is 4.68 Å². The molecule has 80 valence electrons. The molecule has 0 bridgehead atoms. The first-order chi connectivity index (χ1) is 6.59. The second kappa shape index (κ2) is 4.78. The molecule has 0 radical (unpaired) electrons. The number of rotatable bonds is 5. The molecule has 0 aliphatic rings. The van der Waals surface area contributed by atoms with Crippen molar-refractivity contribution >= 4 is 11.6 Å². The van der Waals surface area contributed by atoms with Crippen molar-refractivity contribution in [2.45, 2.75) is 33.1 Å². The standard InChI is InChI=1S/C10H18ClN3/c1-4-5-10(2,8-11)6-9-7-14(3)13-12-9/h7H,4-6,8H2,1-3H3. The molecule has 0 aliphatic heterocycles. The smallest absolute Gasteiger partial charge is 0.0832 e. The second-order valence-corrected chi connectivity index (χ2v) is 4.52. The first-order valence-electron chi connectivity index (χ1n) is 5.01. The minimum Gasteiger partial charge on any atom is -0.255 e. The molecule has 0 fully saturated rings. The number of nitrogens with zero attached hydrogens (tertiary/aromatic N) is 3. The Balaban J connectivity index is 2.64. The zero-order chi connectivity index (χ0) is 10.6. The Bertz CT molecular complexity index is 285. The van der Waals surface area contributed by atoms with Crippen LogP contribution in [0, 0.1) is 5.41 Å². The van der Waals surface area contributed by atoms with Crippen molar-refractivity contribution in [1.29, 1.82) is 0 Å². The molecule has 1 aromatic heterocycles. The van der Waals surface area contributed by atoms with E-state index in [9.17, 15) is 0 Å². The first kappa shape index (κ1) is 11.5. The van der Waals surface area contributed by atoms with Crippen molar-refractivity contribution < 1.29 is 0 Å². The molecule has 14 heavy (non-hydrogen) atoms. The molecule has 0 saturated heterocycles. The van der Waals surface area contributed by atoms with E-state index in [1.54, 1.807) is 4.68 Å². The molecule has 0 spiro atoms. The normalized spacial score (nSPS) is 15.4. The average Bonchev–Trinajstić information content (AvgIpc) is 2.51. The lowest BCUT2D eigenvalue weighted by Gasteiger charge is -2.25. The van der Waals surface area contributed by atoms with E-state index in [0.29, 0.717) is 5.88 Å². The van der Waals surface area contributed by atoms with Gasteiger partial charge in [-0.2, -0.15) is 0 Å². The number of hydrogen-bond acceptors (Lipinski definition) is 2. The van der Waals surface area contributed by atoms with E-state index in [1.807, 2.05) is 13.2 Å². The molecular weight excluding hydrogens is 198 g/mol. The van der Waals surface area contributed by atoms with Crippen LogP contribution in [-0.2, 0) is 13.5 Å². The minimum absolute atomic E-state index is 0.159. The van der Waals surface area contributed by atoms with Crippen molar-refractivity contribution in [3.05, 3.63) is 11.9 Å². The van der Waals surface area contributed by atoms with Gasteiger partial charge in [-0.05, 0) is 18.3 Å². The highest BCUT2D eigenvalue weighted by Gasteiger charge is 2.23. The molecule has 4 heteroatoms. The van der Waals surface area contributed by atoms with Gasteiger partial charge >= 0.3 is 0 Å². The number of halogens is 1. The number of alkyl halides is 1. The van der Waals surface area contributed by atoms with Gasteiger partial charge in [0.1, 0.15) is 0 Å². The van der Waals surface area contributed by atoms with Crippen LogP contribution in [0.25, 0.3) is 0 Å². The van der Waals surface area contributed by atoms with Crippen LogP contribution in [0.1, 0.15) is 32.4 Å². The first-order valence-corrected chi connectivity index (χ1v) is 5.54. The van der Waals surface area contributed by atoms with Gasteiger partial charge in [0.2, 0.25) is 0 Å². The summed E-state index contributed by atoms with van der Waals surface area (Å²) in [6, 6.07) is 0. The summed E-state index contributed by atoms with van der Waals surface area (Å²) < 4.78 is 1.73. The monoisotopic (exact) mass is 215 g/mol. The lowest BCUT2D eigenvalue weighted by Crippen LogP contribution is -2.21. The van der Waals surface area contributed by atoms with Crippen molar-refractivity contribution in [2.24, 2.45) is 12.5 Å². The predicted molar refractivity (Wildman–Crippen MR) is 58.4 cm³/mol. The van der Waals surface area contributed by atoms with E-state index in [-0.39, 0.29) is 5.41 Å². The maximum absolute atomic E-state index is 5.99. The van der Waals surface area contributed by atoms with Crippen LogP contribution in [0.3, 0.4) is 0 Å². The fraction of sp³-hybridized carbons (Fsp3) is 0.800. The Morgan fingerprint density at radius 2 is 2.29 bits per heavy atom. The van der Waals surface area contributed by atoms with E-state index in [1.165, 1.54) is 0 Å². The number of aryl methyl sites for hydroxylation is 1. The van der Waals surface area contributed by atoms with Gasteiger partial charge in [-0.1, -0.05) is 25.5 Å². The molecule has 0 N–H and O–H groups in total. The fourth-order valence-electron chi connectivity index (χ4n) is 1.72. The topological polar surface area (TPSA) is 30.7 Å². The van der Waals surface area contributed by atoms with Gasteiger partial charge in [-0.25, -0.2) is 0 Å². The molecular formula is C10H18ClN3. The SMILES string of the molecule is CCCC(C)(CCl)Cc1cn(C)nn1. The van der Waals surface area contributed by atoms with Crippen LogP contribution in [0.5, 0.6) is 0 Å². The minimum atomic E-state index is 0.159. The Labute approximate surface area is 90.4 Å². The van der Waals surface area contributed by atoms with Gasteiger partial charge in [-0.15, -0.1) is 16.7 Å². The van der Waals surface area contributed by atoms with E-state index in [4.69, 9.17) is 11.6 Å². The van der Waals surface area contributed by atoms with Crippen molar-refractivity contribution in [1.82, 2.24) is 15.0 Å². The molecule has 1 rings (SSSR count). The Morgan fingerprint density at radius 1 is 1.57 bits per heavy atom. The summed E-state index contributed by atoms with van der Waals surface area (Å²) in [6.45, 7) is 4.39. The maximum atomic E-state index is 5.99. The van der Waals surface area contributed by atoms with Gasteiger partial charge < -0.3 is 0 Å². The summed E-state index contributed by atoms with van der Waals surface area (Å²) in [7, 11) is 1.88. The van der Waals surface area contributed by atoms with Gasteiger partial charge in [0.05, 0.1) is 5.69 Å². The molecule has 3 nitrogen and oxygen atoms in total. The molecule has 1 heterocycles. The van der Waals surface area contributed by atoms with E-state index in [2.05, 4.69) is 24.2 Å². The predicted octanol–water partition coefficient (Wildman–Crippen LogP) is 2.40. The highest BCUT2D eigenvalue weighted by Crippen LogP contribution is 2.28. The van der Waals surface area contributed by atoms with Crippen LogP contribution in [0.15, 0.2) is 6.20 Å². The van der Waals surface area contributed by atoms with E-state index >= 15 is 0 Å². The van der Waals surface area contributed by atoms with Crippen LogP contribution in [0.2, 0.25) is 0 Å². The Hall–Kier alpha value is -0.570. The third kappa shape index (κ3) is 2.98. The van der Waals surface area contributed by atoms with Gasteiger partial charge in [0.15, 0.2) is 0 Å². The lowest BCUT2D eigenvalue weighted by atomic mass is 9.83. The summed E-state index contributed by atoms with van der Waals surface area (Å²) in [5.41, 5.74) is 1.19. The summed E-state index contributed by atoms with van der Waals surface area (Å²) in [6.07, 6.45) is 5.16. The van der Waals surface area contributed by atoms with Crippen LogP contribution in [-0.4, -0.2) is 20.9 Å². The van der Waals surface area contributed by atoms with Crippen LogP contribution < -0.4 is 0 Å². The molecule has 0 amide bonds. The maximum Gasteiger partial charge on any atom is 0.0832 e. The zero-order valence-corrected chi connectivity index (χ0v) is 9.88. The second-order valence-electron chi connectivity index (χ2n) is 4.25. The molecule has 0 saturated carbocycles. The third-order valence-corrected chi connectivity index (χ3v) is 3.08. The van der Waals surface area contributed by atoms with Crippen molar-refractivity contribution in [2.75, 3.05) is 5.88 Å². The van der Waals surface area contributed by atoms with Gasteiger partial charge in [0.25, 0.3) is 0 Å². The average molecular weight is 216 g/mol. The Kier molecular flexibility index (Phi) is 3.93. The third-order valence-electron chi connectivity index (χ3n) is 2.43. The zero-order valence-electron chi connectivity index (χ0n) is 9.13. The Morgan fingerprint density at radius 3 is 2.71 bits per heavy atom. The van der Waals surface area contributed by atoms with Crippen molar-refractivity contribution in [3.63, 3.8) is 0 Å². The molecule has 0 aromatic carbocycles. The molecule has 1 aromatic rings. The van der Waals surface area contributed by atoms with Crippen molar-refractivity contribution in [3.8, 4) is 0 Å². The van der Waals surface area contributed by atoms with E-state index in [0.717, 1.165) is 25.0 Å². The molecule has 1 unspecified atom stereocenters. The number of hydrogen-bond donors (Lipinski definition) is 0. The molecule has 0 aliphatic carbocycles. The lowest BCUT2D eigenvalue weighted by molar-refractivity contribution is 0.331. The van der Waals surface area contributed by atoms with Crippen LogP contribution >= 0.6 is 11.6 Å².